The fourth-order valence-electron chi connectivity index (χ4n) is 1.20. The van der Waals surface area contributed by atoms with E-state index in [0.29, 0.717) is 11.1 Å². The summed E-state index contributed by atoms with van der Waals surface area (Å²) in [6, 6.07) is 5.20. The molecule has 4 heteroatoms. The zero-order chi connectivity index (χ0) is 8.72. The molecule has 1 aromatic rings. The summed E-state index contributed by atoms with van der Waals surface area (Å²) in [5.74, 6) is -1.05. The third-order valence-corrected chi connectivity index (χ3v) is 2.42. The molecule has 1 aliphatic rings. The molecule has 60 valence electrons. The van der Waals surface area contributed by atoms with Crippen LogP contribution in [0.3, 0.4) is 0 Å². The van der Waals surface area contributed by atoms with Gasteiger partial charge in [-0.15, -0.1) is 0 Å². The minimum Gasteiger partial charge on any atom is -0.386 e. The first-order valence-corrected chi connectivity index (χ1v) is 4.55. The molecule has 0 spiro atoms. The quantitative estimate of drug-likeness (QED) is 0.290. The van der Waals surface area contributed by atoms with E-state index in [1.807, 2.05) is 6.07 Å². The number of rotatable bonds is 0. The lowest BCUT2D eigenvalue weighted by molar-refractivity contribution is 0.0444. The van der Waals surface area contributed by atoms with E-state index in [-0.39, 0.29) is 0 Å². The van der Waals surface area contributed by atoms with Crippen molar-refractivity contribution >= 4 is 27.4 Å². The molecule has 1 heterocycles. The van der Waals surface area contributed by atoms with E-state index in [1.54, 1.807) is 12.1 Å². The monoisotopic (exact) mass is 178 g/mol. The molecule has 0 saturated carbocycles. The zero-order valence-electron chi connectivity index (χ0n) is 6.46. The normalized spacial score (nSPS) is 14.7. The second-order valence-corrected chi connectivity index (χ2v) is 3.88. The van der Waals surface area contributed by atoms with Crippen LogP contribution in [0, 0.1) is 0 Å². The molecular formula is C8H6O3Si. The van der Waals surface area contributed by atoms with E-state index < -0.39 is 11.9 Å². The maximum atomic E-state index is 11.0. The van der Waals surface area contributed by atoms with Crippen molar-refractivity contribution in [1.29, 1.82) is 0 Å². The molecule has 0 saturated heterocycles. The van der Waals surface area contributed by atoms with Crippen molar-refractivity contribution in [3.63, 3.8) is 0 Å². The second kappa shape index (κ2) is 2.28. The smallest absolute Gasteiger partial charge is 0.346 e. The molecule has 0 unspecified atom stereocenters. The summed E-state index contributed by atoms with van der Waals surface area (Å²) in [7, 11) is 0.868. The molecule has 0 bridgehead atoms. The Morgan fingerprint density at radius 3 is 2.50 bits per heavy atom. The summed E-state index contributed by atoms with van der Waals surface area (Å²) in [6.07, 6.45) is 0. The van der Waals surface area contributed by atoms with Gasteiger partial charge in [-0.2, -0.15) is 0 Å². The van der Waals surface area contributed by atoms with Crippen LogP contribution in [-0.2, 0) is 4.74 Å². The summed E-state index contributed by atoms with van der Waals surface area (Å²) >= 11 is 0. The highest BCUT2D eigenvalue weighted by atomic mass is 28.1. The van der Waals surface area contributed by atoms with Gasteiger partial charge >= 0.3 is 11.9 Å². The SMILES string of the molecule is O=C1OC(=O)c2cc([SiH3])ccc21. The predicted octanol–water partition coefficient (Wildman–Crippen LogP) is -1.01. The highest BCUT2D eigenvalue weighted by Gasteiger charge is 2.28. The standard InChI is InChI=1S/C8H6O3Si/c9-7-5-2-1-4(12)3-6(5)8(10)11-7/h1-3H,12H3. The number of cyclic esters (lactones) is 2. The number of benzene rings is 1. The molecule has 1 aromatic carbocycles. The van der Waals surface area contributed by atoms with Crippen molar-refractivity contribution in [2.45, 2.75) is 0 Å². The Bertz CT molecular complexity index is 384. The molecule has 0 aromatic heterocycles. The topological polar surface area (TPSA) is 43.4 Å². The largest absolute Gasteiger partial charge is 0.386 e. The molecule has 12 heavy (non-hydrogen) atoms. The Balaban J connectivity index is 2.68. The van der Waals surface area contributed by atoms with E-state index in [0.717, 1.165) is 15.4 Å². The lowest BCUT2D eigenvalue weighted by atomic mass is 10.1. The number of ether oxygens (including phenoxy) is 1. The molecule has 0 N–H and O–H groups in total. The van der Waals surface area contributed by atoms with Gasteiger partial charge < -0.3 is 4.74 Å². The zero-order valence-corrected chi connectivity index (χ0v) is 8.46. The van der Waals surface area contributed by atoms with Gasteiger partial charge in [0.2, 0.25) is 0 Å². The van der Waals surface area contributed by atoms with Crippen molar-refractivity contribution in [3.8, 4) is 0 Å². The van der Waals surface area contributed by atoms with Crippen LogP contribution in [0.5, 0.6) is 0 Å². The fourth-order valence-corrected chi connectivity index (χ4v) is 1.65. The lowest BCUT2D eigenvalue weighted by Crippen LogP contribution is -2.05. The van der Waals surface area contributed by atoms with Gasteiger partial charge in [0.05, 0.1) is 11.1 Å². The number of fused-ring (bicyclic) bond motifs is 1. The van der Waals surface area contributed by atoms with Gasteiger partial charge in [0.15, 0.2) is 0 Å². The van der Waals surface area contributed by atoms with Gasteiger partial charge in [-0.25, -0.2) is 9.59 Å². The van der Waals surface area contributed by atoms with Crippen LogP contribution in [0.25, 0.3) is 0 Å². The van der Waals surface area contributed by atoms with Crippen molar-refractivity contribution in [2.24, 2.45) is 0 Å². The summed E-state index contributed by atoms with van der Waals surface area (Å²) in [6.45, 7) is 0. The minimum atomic E-state index is -0.531. The molecule has 0 amide bonds. The van der Waals surface area contributed by atoms with Crippen LogP contribution in [0.15, 0.2) is 18.2 Å². The number of hydrogen-bond donors (Lipinski definition) is 0. The van der Waals surface area contributed by atoms with Crippen LogP contribution >= 0.6 is 0 Å². The fraction of sp³-hybridized carbons (Fsp3) is 0. The summed E-state index contributed by atoms with van der Waals surface area (Å²) in [5, 5.41) is 1.08. The Morgan fingerprint density at radius 1 is 1.08 bits per heavy atom. The van der Waals surface area contributed by atoms with Gasteiger partial charge in [0.1, 0.15) is 0 Å². The first-order chi connectivity index (χ1) is 5.68. The maximum Gasteiger partial charge on any atom is 0.346 e. The number of hydrogen-bond acceptors (Lipinski definition) is 3. The Kier molecular flexibility index (Phi) is 1.38. The minimum absolute atomic E-state index is 0.389. The van der Waals surface area contributed by atoms with Gasteiger partial charge in [-0.1, -0.05) is 11.3 Å². The highest BCUT2D eigenvalue weighted by molar-refractivity contribution is 6.33. The first-order valence-electron chi connectivity index (χ1n) is 3.55. The molecular weight excluding hydrogens is 172 g/mol. The van der Waals surface area contributed by atoms with Crippen molar-refractivity contribution < 1.29 is 14.3 Å². The van der Waals surface area contributed by atoms with Gasteiger partial charge in [-0.3, -0.25) is 0 Å². The Labute approximate surface area is 71.8 Å². The molecule has 1 aliphatic heterocycles. The van der Waals surface area contributed by atoms with E-state index in [2.05, 4.69) is 4.74 Å². The second-order valence-electron chi connectivity index (χ2n) is 2.73. The number of esters is 2. The first kappa shape index (κ1) is 7.24. The molecule has 3 nitrogen and oxygen atoms in total. The van der Waals surface area contributed by atoms with Gasteiger partial charge in [-0.05, 0) is 12.1 Å². The molecule has 0 atom stereocenters. The third-order valence-electron chi connectivity index (χ3n) is 1.80. The average Bonchev–Trinajstić information content (AvgIpc) is 2.28. The lowest BCUT2D eigenvalue weighted by Gasteiger charge is -1.92. The Hall–Kier alpha value is -1.42. The molecule has 0 aliphatic carbocycles. The van der Waals surface area contributed by atoms with Crippen LogP contribution in [0.1, 0.15) is 20.7 Å². The number of carbonyl (C=O) groups excluding carboxylic acids is 2. The Morgan fingerprint density at radius 2 is 1.75 bits per heavy atom. The molecule has 0 fully saturated rings. The van der Waals surface area contributed by atoms with Crippen LogP contribution in [0.4, 0.5) is 0 Å². The van der Waals surface area contributed by atoms with Crippen molar-refractivity contribution in [3.05, 3.63) is 29.3 Å². The summed E-state index contributed by atoms with van der Waals surface area (Å²) in [5.41, 5.74) is 0.798. The van der Waals surface area contributed by atoms with Crippen LogP contribution < -0.4 is 5.19 Å². The van der Waals surface area contributed by atoms with Gasteiger partial charge in [0.25, 0.3) is 0 Å². The van der Waals surface area contributed by atoms with E-state index in [4.69, 9.17) is 0 Å². The molecule has 2 rings (SSSR count). The van der Waals surface area contributed by atoms with Gasteiger partial charge in [0, 0.05) is 10.2 Å². The highest BCUT2D eigenvalue weighted by Crippen LogP contribution is 2.17. The van der Waals surface area contributed by atoms with E-state index in [1.165, 1.54) is 0 Å². The maximum absolute atomic E-state index is 11.0. The van der Waals surface area contributed by atoms with E-state index in [9.17, 15) is 9.59 Å². The van der Waals surface area contributed by atoms with Crippen LogP contribution in [-0.4, -0.2) is 22.2 Å². The third kappa shape index (κ3) is 0.886. The van der Waals surface area contributed by atoms with Crippen molar-refractivity contribution in [1.82, 2.24) is 0 Å². The summed E-state index contributed by atoms with van der Waals surface area (Å²) in [4.78, 5) is 22.0. The summed E-state index contributed by atoms with van der Waals surface area (Å²) < 4.78 is 4.42. The average molecular weight is 178 g/mol. The van der Waals surface area contributed by atoms with Crippen molar-refractivity contribution in [2.75, 3.05) is 0 Å². The van der Waals surface area contributed by atoms with E-state index >= 15 is 0 Å². The van der Waals surface area contributed by atoms with Crippen LogP contribution in [0.2, 0.25) is 0 Å². The molecule has 0 radical (unpaired) electrons. The predicted molar refractivity (Wildman–Crippen MR) is 45.8 cm³/mol. The number of carbonyl (C=O) groups is 2.